The zero-order valence-electron chi connectivity index (χ0n) is 14.9. The van der Waals surface area contributed by atoms with Crippen molar-refractivity contribution in [2.45, 2.75) is 19.3 Å². The van der Waals surface area contributed by atoms with E-state index < -0.39 is 0 Å². The maximum atomic E-state index is 12.4. The number of nitrogens with one attached hydrogen (secondary N) is 1. The van der Waals surface area contributed by atoms with E-state index in [1.54, 1.807) is 0 Å². The van der Waals surface area contributed by atoms with Crippen LogP contribution < -0.4 is 11.1 Å². The van der Waals surface area contributed by atoms with E-state index in [1.165, 1.54) is 0 Å². The molecular weight excluding hydrogens is 326 g/mol. The smallest absolute Gasteiger partial charge is 0.253 e. The standard InChI is InChI=1S/C21H25N3O2/c22-19-8-6-16(7-9-19)10-13-23-20(25)17-11-14-24(15-12-17)21(26)18-4-2-1-3-5-18/h1-9,17H,10-15,22H2,(H,23,25). The lowest BCUT2D eigenvalue weighted by molar-refractivity contribution is -0.126. The molecule has 5 heteroatoms. The number of piperidine rings is 1. The molecule has 1 aliphatic rings. The number of nitrogens with zero attached hydrogens (tertiary/aromatic N) is 1. The molecule has 0 aromatic heterocycles. The van der Waals surface area contributed by atoms with Crippen LogP contribution >= 0.6 is 0 Å². The van der Waals surface area contributed by atoms with Gasteiger partial charge in [-0.1, -0.05) is 30.3 Å². The average molecular weight is 351 g/mol. The number of anilines is 1. The van der Waals surface area contributed by atoms with Crippen LogP contribution in [0, 0.1) is 5.92 Å². The third-order valence-electron chi connectivity index (χ3n) is 4.87. The van der Waals surface area contributed by atoms with Gasteiger partial charge in [-0.3, -0.25) is 9.59 Å². The fourth-order valence-corrected chi connectivity index (χ4v) is 3.27. The van der Waals surface area contributed by atoms with Gasteiger partial charge in [-0.15, -0.1) is 0 Å². The van der Waals surface area contributed by atoms with Crippen molar-refractivity contribution >= 4 is 17.5 Å². The molecule has 1 heterocycles. The van der Waals surface area contributed by atoms with Crippen molar-refractivity contribution in [3.8, 4) is 0 Å². The van der Waals surface area contributed by atoms with Gasteiger partial charge in [0.2, 0.25) is 5.91 Å². The van der Waals surface area contributed by atoms with E-state index in [0.29, 0.717) is 38.0 Å². The molecule has 0 atom stereocenters. The lowest BCUT2D eigenvalue weighted by Crippen LogP contribution is -2.43. The van der Waals surface area contributed by atoms with Crippen LogP contribution in [0.3, 0.4) is 0 Å². The fraction of sp³-hybridized carbons (Fsp3) is 0.333. The lowest BCUT2D eigenvalue weighted by atomic mass is 9.95. The summed E-state index contributed by atoms with van der Waals surface area (Å²) in [4.78, 5) is 26.6. The molecule has 1 aliphatic heterocycles. The van der Waals surface area contributed by atoms with Crippen LogP contribution in [0.1, 0.15) is 28.8 Å². The first-order chi connectivity index (χ1) is 12.6. The van der Waals surface area contributed by atoms with E-state index in [2.05, 4.69) is 5.32 Å². The Bertz CT molecular complexity index is 736. The predicted molar refractivity (Wildman–Crippen MR) is 103 cm³/mol. The minimum atomic E-state index is -0.0127. The largest absolute Gasteiger partial charge is 0.399 e. The van der Waals surface area contributed by atoms with Crippen molar-refractivity contribution in [2.75, 3.05) is 25.4 Å². The number of carbonyl (C=O) groups excluding carboxylic acids is 2. The average Bonchev–Trinajstić information content (AvgIpc) is 2.69. The highest BCUT2D eigenvalue weighted by molar-refractivity contribution is 5.94. The van der Waals surface area contributed by atoms with Crippen molar-refractivity contribution in [1.82, 2.24) is 10.2 Å². The van der Waals surface area contributed by atoms with Gasteiger partial charge in [-0.2, -0.15) is 0 Å². The Kier molecular flexibility index (Phi) is 5.89. The summed E-state index contributed by atoms with van der Waals surface area (Å²) in [6.45, 7) is 1.87. The topological polar surface area (TPSA) is 75.4 Å². The molecule has 0 spiro atoms. The normalized spacial score (nSPS) is 14.8. The number of likely N-dealkylation sites (tertiary alicyclic amines) is 1. The van der Waals surface area contributed by atoms with Gasteiger partial charge in [0, 0.05) is 36.8 Å². The molecule has 2 amide bonds. The number of rotatable bonds is 5. The summed E-state index contributed by atoms with van der Waals surface area (Å²) in [5, 5.41) is 3.02. The van der Waals surface area contributed by atoms with Gasteiger partial charge in [0.05, 0.1) is 0 Å². The van der Waals surface area contributed by atoms with Crippen LogP contribution in [0.25, 0.3) is 0 Å². The molecule has 1 fully saturated rings. The number of nitrogens with two attached hydrogens (primary N) is 1. The van der Waals surface area contributed by atoms with Crippen LogP contribution in [-0.2, 0) is 11.2 Å². The minimum absolute atomic E-state index is 0.0127. The first kappa shape index (κ1) is 18.0. The highest BCUT2D eigenvalue weighted by Gasteiger charge is 2.27. The quantitative estimate of drug-likeness (QED) is 0.813. The van der Waals surface area contributed by atoms with E-state index in [9.17, 15) is 9.59 Å². The Morgan fingerprint density at radius 3 is 2.31 bits per heavy atom. The Hall–Kier alpha value is -2.82. The van der Waals surface area contributed by atoms with Crippen molar-refractivity contribution in [3.05, 3.63) is 65.7 Å². The first-order valence-electron chi connectivity index (χ1n) is 9.10. The molecule has 0 unspecified atom stereocenters. The zero-order valence-corrected chi connectivity index (χ0v) is 14.9. The number of hydrogen-bond acceptors (Lipinski definition) is 3. The van der Waals surface area contributed by atoms with Crippen molar-refractivity contribution in [2.24, 2.45) is 5.92 Å². The van der Waals surface area contributed by atoms with Crippen LogP contribution in [0.5, 0.6) is 0 Å². The van der Waals surface area contributed by atoms with Crippen molar-refractivity contribution in [3.63, 3.8) is 0 Å². The molecule has 3 N–H and O–H groups in total. The molecular formula is C21H25N3O2. The number of benzene rings is 2. The van der Waals surface area contributed by atoms with Gasteiger partial charge in [0.15, 0.2) is 0 Å². The Morgan fingerprint density at radius 1 is 1.00 bits per heavy atom. The fourth-order valence-electron chi connectivity index (χ4n) is 3.27. The third-order valence-corrected chi connectivity index (χ3v) is 4.87. The second-order valence-corrected chi connectivity index (χ2v) is 6.72. The van der Waals surface area contributed by atoms with E-state index in [0.717, 1.165) is 17.7 Å². The minimum Gasteiger partial charge on any atom is -0.399 e. The highest BCUT2D eigenvalue weighted by atomic mass is 16.2. The number of amides is 2. The Balaban J connectivity index is 1.42. The number of carbonyl (C=O) groups is 2. The summed E-state index contributed by atoms with van der Waals surface area (Å²) in [6, 6.07) is 17.0. The van der Waals surface area contributed by atoms with Crippen molar-refractivity contribution < 1.29 is 9.59 Å². The molecule has 2 aromatic rings. The van der Waals surface area contributed by atoms with Gasteiger partial charge in [0.25, 0.3) is 5.91 Å². The van der Waals surface area contributed by atoms with Crippen LogP contribution in [0.4, 0.5) is 5.69 Å². The maximum absolute atomic E-state index is 12.4. The third kappa shape index (κ3) is 4.63. The van der Waals surface area contributed by atoms with E-state index in [4.69, 9.17) is 5.73 Å². The molecule has 0 radical (unpaired) electrons. The zero-order chi connectivity index (χ0) is 18.4. The summed E-state index contributed by atoms with van der Waals surface area (Å²) in [5.74, 6) is 0.126. The molecule has 0 saturated carbocycles. The lowest BCUT2D eigenvalue weighted by Gasteiger charge is -2.31. The van der Waals surface area contributed by atoms with Crippen LogP contribution in [0.2, 0.25) is 0 Å². The molecule has 26 heavy (non-hydrogen) atoms. The highest BCUT2D eigenvalue weighted by Crippen LogP contribution is 2.19. The summed E-state index contributed by atoms with van der Waals surface area (Å²) in [6.07, 6.45) is 2.22. The van der Waals surface area contributed by atoms with E-state index in [-0.39, 0.29) is 17.7 Å². The second-order valence-electron chi connectivity index (χ2n) is 6.72. The summed E-state index contributed by atoms with van der Waals surface area (Å²) in [7, 11) is 0. The van der Waals surface area contributed by atoms with E-state index >= 15 is 0 Å². The monoisotopic (exact) mass is 351 g/mol. The van der Waals surface area contributed by atoms with Crippen molar-refractivity contribution in [1.29, 1.82) is 0 Å². The number of nitrogen functional groups attached to an aromatic ring is 1. The first-order valence-corrected chi connectivity index (χ1v) is 9.10. The molecule has 136 valence electrons. The molecule has 0 bridgehead atoms. The molecule has 1 saturated heterocycles. The Morgan fingerprint density at radius 2 is 1.65 bits per heavy atom. The van der Waals surface area contributed by atoms with Gasteiger partial charge < -0.3 is 16.0 Å². The summed E-state index contributed by atoms with van der Waals surface area (Å²) >= 11 is 0. The number of hydrogen-bond donors (Lipinski definition) is 2. The maximum Gasteiger partial charge on any atom is 0.253 e. The summed E-state index contributed by atoms with van der Waals surface area (Å²) in [5.41, 5.74) is 8.28. The molecule has 5 nitrogen and oxygen atoms in total. The second kappa shape index (κ2) is 8.52. The van der Waals surface area contributed by atoms with Gasteiger partial charge >= 0.3 is 0 Å². The summed E-state index contributed by atoms with van der Waals surface area (Å²) < 4.78 is 0. The molecule has 3 rings (SSSR count). The van der Waals surface area contributed by atoms with Gasteiger partial charge in [-0.05, 0) is 49.1 Å². The Labute approximate surface area is 154 Å². The molecule has 2 aromatic carbocycles. The van der Waals surface area contributed by atoms with Crippen LogP contribution in [-0.4, -0.2) is 36.3 Å². The van der Waals surface area contributed by atoms with Gasteiger partial charge in [0.1, 0.15) is 0 Å². The predicted octanol–water partition coefficient (Wildman–Crippen LogP) is 2.48. The molecule has 0 aliphatic carbocycles. The van der Waals surface area contributed by atoms with E-state index in [1.807, 2.05) is 59.5 Å². The SMILES string of the molecule is Nc1ccc(CCNC(=O)C2CCN(C(=O)c3ccccc3)CC2)cc1. The van der Waals surface area contributed by atoms with Crippen LogP contribution in [0.15, 0.2) is 54.6 Å². The van der Waals surface area contributed by atoms with Gasteiger partial charge in [-0.25, -0.2) is 0 Å².